The number of sulfonamides is 1. The molecule has 1 aromatic heterocycles. The molecule has 4 unspecified atom stereocenters. The van der Waals surface area contributed by atoms with Crippen LogP contribution in [0.5, 0.6) is 0 Å². The molecule has 1 heterocycles. The number of benzene rings is 1. The van der Waals surface area contributed by atoms with Gasteiger partial charge in [-0.1, -0.05) is 19.8 Å². The third-order valence-electron chi connectivity index (χ3n) is 7.71. The molecule has 33 heavy (non-hydrogen) atoms. The van der Waals surface area contributed by atoms with Gasteiger partial charge in [-0.2, -0.15) is 0 Å². The van der Waals surface area contributed by atoms with Crippen LogP contribution in [0.4, 0.5) is 0 Å². The van der Waals surface area contributed by atoms with Crippen molar-refractivity contribution in [3.63, 3.8) is 0 Å². The minimum absolute atomic E-state index is 0.0789. The fourth-order valence-electron chi connectivity index (χ4n) is 5.85. The van der Waals surface area contributed by atoms with Crippen LogP contribution in [-0.4, -0.2) is 48.3 Å². The highest BCUT2D eigenvalue weighted by atomic mass is 32.2. The largest absolute Gasteiger partial charge is 0.353 e. The van der Waals surface area contributed by atoms with E-state index in [1.54, 1.807) is 12.1 Å². The molecule has 8 heteroatoms. The number of aryl methyl sites for hydroxylation is 2. The van der Waals surface area contributed by atoms with Crippen molar-refractivity contribution in [3.8, 4) is 0 Å². The van der Waals surface area contributed by atoms with E-state index in [1.165, 1.54) is 44.1 Å². The number of imidazole rings is 1. The molecule has 2 saturated carbocycles. The summed E-state index contributed by atoms with van der Waals surface area (Å²) in [5, 5.41) is 3.25. The summed E-state index contributed by atoms with van der Waals surface area (Å²) in [5.74, 6) is 3.21. The highest BCUT2D eigenvalue weighted by molar-refractivity contribution is 7.89. The first-order valence-electron chi connectivity index (χ1n) is 12.4. The SMILES string of the molecule is CCCCn1c(CCC(=O)NC(C)C2CC3CCC2C3)nc2cc(S(=O)(=O)N(C)C)ccc21. The van der Waals surface area contributed by atoms with Gasteiger partial charge in [0.05, 0.1) is 15.9 Å². The Labute approximate surface area is 198 Å². The zero-order chi connectivity index (χ0) is 23.8. The van der Waals surface area contributed by atoms with Crippen molar-refractivity contribution < 1.29 is 13.2 Å². The number of rotatable bonds is 10. The quantitative estimate of drug-likeness (QED) is 0.565. The van der Waals surface area contributed by atoms with Gasteiger partial charge in [0.2, 0.25) is 15.9 Å². The Balaban J connectivity index is 1.47. The lowest BCUT2D eigenvalue weighted by Crippen LogP contribution is -2.40. The number of fused-ring (bicyclic) bond motifs is 3. The van der Waals surface area contributed by atoms with Crippen LogP contribution in [0.25, 0.3) is 11.0 Å². The summed E-state index contributed by atoms with van der Waals surface area (Å²) >= 11 is 0. The lowest BCUT2D eigenvalue weighted by atomic mass is 9.84. The Morgan fingerprint density at radius 2 is 2.06 bits per heavy atom. The third kappa shape index (κ3) is 4.97. The summed E-state index contributed by atoms with van der Waals surface area (Å²) in [7, 11) is -0.462. The van der Waals surface area contributed by atoms with Gasteiger partial charge in [-0.25, -0.2) is 17.7 Å². The molecular formula is C25H38N4O3S. The number of amides is 1. The number of hydrogen-bond acceptors (Lipinski definition) is 4. The minimum Gasteiger partial charge on any atom is -0.353 e. The number of aromatic nitrogens is 2. The first-order chi connectivity index (χ1) is 15.7. The van der Waals surface area contributed by atoms with Crippen molar-refractivity contribution in [2.75, 3.05) is 14.1 Å². The Morgan fingerprint density at radius 3 is 2.70 bits per heavy atom. The van der Waals surface area contributed by atoms with E-state index in [1.807, 2.05) is 6.07 Å². The minimum atomic E-state index is -3.52. The molecule has 0 saturated heterocycles. The zero-order valence-corrected chi connectivity index (χ0v) is 21.2. The maximum absolute atomic E-state index is 12.8. The van der Waals surface area contributed by atoms with Crippen LogP contribution in [0, 0.1) is 17.8 Å². The summed E-state index contributed by atoms with van der Waals surface area (Å²) < 4.78 is 28.5. The normalized spacial score (nSPS) is 23.5. The fourth-order valence-corrected chi connectivity index (χ4v) is 6.77. The van der Waals surface area contributed by atoms with Crippen LogP contribution < -0.4 is 5.32 Å². The van der Waals surface area contributed by atoms with Crippen LogP contribution >= 0.6 is 0 Å². The summed E-state index contributed by atoms with van der Waals surface area (Å²) in [5.41, 5.74) is 1.59. The van der Waals surface area contributed by atoms with Crippen LogP contribution in [-0.2, 0) is 27.8 Å². The maximum Gasteiger partial charge on any atom is 0.242 e. The Bertz CT molecular complexity index is 1110. The Hall–Kier alpha value is -1.93. The van der Waals surface area contributed by atoms with Gasteiger partial charge in [-0.05, 0) is 68.6 Å². The average molecular weight is 475 g/mol. The number of carbonyl (C=O) groups is 1. The molecule has 2 aliphatic carbocycles. The van der Waals surface area contributed by atoms with Crippen molar-refractivity contribution in [2.24, 2.45) is 17.8 Å². The molecule has 4 rings (SSSR count). The second-order valence-corrected chi connectivity index (χ2v) is 12.3. The van der Waals surface area contributed by atoms with Gasteiger partial charge in [-0.15, -0.1) is 0 Å². The van der Waals surface area contributed by atoms with Gasteiger partial charge in [0, 0.05) is 39.5 Å². The van der Waals surface area contributed by atoms with Crippen LogP contribution in [0.15, 0.2) is 23.1 Å². The van der Waals surface area contributed by atoms with E-state index < -0.39 is 10.0 Å². The van der Waals surface area contributed by atoms with Gasteiger partial charge < -0.3 is 9.88 Å². The lowest BCUT2D eigenvalue weighted by molar-refractivity contribution is -0.122. The second-order valence-electron chi connectivity index (χ2n) is 10.2. The van der Waals surface area contributed by atoms with Gasteiger partial charge in [-0.3, -0.25) is 4.79 Å². The molecule has 7 nitrogen and oxygen atoms in total. The molecule has 2 fully saturated rings. The summed E-state index contributed by atoms with van der Waals surface area (Å²) in [6.07, 6.45) is 8.29. The van der Waals surface area contributed by atoms with E-state index >= 15 is 0 Å². The number of nitrogens with zero attached hydrogens (tertiary/aromatic N) is 3. The Kier molecular flexibility index (Phi) is 7.15. The molecule has 4 atom stereocenters. The van der Waals surface area contributed by atoms with Gasteiger partial charge in [0.25, 0.3) is 0 Å². The molecule has 1 aromatic carbocycles. The van der Waals surface area contributed by atoms with Gasteiger partial charge >= 0.3 is 0 Å². The van der Waals surface area contributed by atoms with Crippen LogP contribution in [0.3, 0.4) is 0 Å². The van der Waals surface area contributed by atoms with E-state index in [0.717, 1.165) is 42.6 Å². The summed E-state index contributed by atoms with van der Waals surface area (Å²) in [6, 6.07) is 5.36. The van der Waals surface area contributed by atoms with Crippen LogP contribution in [0.2, 0.25) is 0 Å². The van der Waals surface area contributed by atoms with Gasteiger partial charge in [0.1, 0.15) is 5.82 Å². The molecule has 0 radical (unpaired) electrons. The first kappa shape index (κ1) is 24.2. The maximum atomic E-state index is 12.8. The van der Waals surface area contributed by atoms with Crippen molar-refractivity contribution in [2.45, 2.75) is 82.7 Å². The predicted octanol–water partition coefficient (Wildman–Crippen LogP) is 3.96. The third-order valence-corrected chi connectivity index (χ3v) is 9.52. The number of nitrogens with one attached hydrogen (secondary N) is 1. The summed E-state index contributed by atoms with van der Waals surface area (Å²) in [4.78, 5) is 17.8. The molecule has 0 aliphatic heterocycles. The topological polar surface area (TPSA) is 84.3 Å². The van der Waals surface area contributed by atoms with E-state index in [0.29, 0.717) is 24.3 Å². The van der Waals surface area contributed by atoms with E-state index in [9.17, 15) is 13.2 Å². The average Bonchev–Trinajstić information content (AvgIpc) is 3.49. The number of hydrogen-bond donors (Lipinski definition) is 1. The number of carbonyl (C=O) groups excluding carboxylic acids is 1. The Morgan fingerprint density at radius 1 is 1.27 bits per heavy atom. The van der Waals surface area contributed by atoms with Crippen molar-refractivity contribution >= 4 is 27.0 Å². The smallest absolute Gasteiger partial charge is 0.242 e. The van der Waals surface area contributed by atoms with E-state index in [2.05, 4.69) is 23.7 Å². The highest BCUT2D eigenvalue weighted by Gasteiger charge is 2.42. The van der Waals surface area contributed by atoms with Crippen molar-refractivity contribution in [1.82, 2.24) is 19.2 Å². The monoisotopic (exact) mass is 474 g/mol. The highest BCUT2D eigenvalue weighted by Crippen LogP contribution is 2.49. The fraction of sp³-hybridized carbons (Fsp3) is 0.680. The predicted molar refractivity (Wildman–Crippen MR) is 130 cm³/mol. The van der Waals surface area contributed by atoms with Crippen LogP contribution in [0.1, 0.15) is 64.6 Å². The van der Waals surface area contributed by atoms with E-state index in [-0.39, 0.29) is 16.8 Å². The lowest BCUT2D eigenvalue weighted by Gasteiger charge is -2.28. The number of unbranched alkanes of at least 4 members (excludes halogenated alkanes) is 1. The van der Waals surface area contributed by atoms with Gasteiger partial charge in [0.15, 0.2) is 0 Å². The first-order valence-corrected chi connectivity index (χ1v) is 13.9. The van der Waals surface area contributed by atoms with Crippen molar-refractivity contribution in [3.05, 3.63) is 24.0 Å². The molecule has 182 valence electrons. The zero-order valence-electron chi connectivity index (χ0n) is 20.4. The molecule has 1 N–H and O–H groups in total. The molecule has 2 aliphatic rings. The second kappa shape index (κ2) is 9.74. The van der Waals surface area contributed by atoms with E-state index in [4.69, 9.17) is 4.98 Å². The summed E-state index contributed by atoms with van der Waals surface area (Å²) in [6.45, 7) is 5.11. The molecule has 2 bridgehead atoms. The van der Waals surface area contributed by atoms with Crippen molar-refractivity contribution in [1.29, 1.82) is 0 Å². The standard InChI is InChI=1S/C25H38N4O3S/c1-5-6-13-29-23-10-9-20(33(31,32)28(3)4)16-22(23)27-24(29)11-12-25(30)26-17(2)21-15-18-7-8-19(21)14-18/h9-10,16-19,21H,5-8,11-15H2,1-4H3,(H,26,30). The molecule has 2 aromatic rings. The molecular weight excluding hydrogens is 436 g/mol. The molecule has 0 spiro atoms. The molecule has 1 amide bonds.